The second-order valence-corrected chi connectivity index (χ2v) is 9.33. The van der Waals surface area contributed by atoms with Crippen LogP contribution < -0.4 is 5.32 Å². The number of hydrogen-bond donors (Lipinski definition) is 1. The van der Waals surface area contributed by atoms with Crippen LogP contribution in [0.3, 0.4) is 0 Å². The topological polar surface area (TPSA) is 59.1 Å². The van der Waals surface area contributed by atoms with Crippen LogP contribution in [0.5, 0.6) is 0 Å². The molecule has 3 heterocycles. The Morgan fingerprint density at radius 3 is 2.81 bits per heavy atom. The number of rotatable bonds is 7. The van der Waals surface area contributed by atoms with E-state index < -0.39 is 0 Å². The molecule has 0 bridgehead atoms. The van der Waals surface area contributed by atoms with E-state index in [2.05, 4.69) is 41.2 Å². The van der Waals surface area contributed by atoms with Gasteiger partial charge in [-0.3, -0.25) is 9.58 Å². The van der Waals surface area contributed by atoms with Crippen LogP contribution in [-0.2, 0) is 13.6 Å². The molecule has 2 aromatic heterocycles. The average Bonchev–Trinajstić information content (AvgIpc) is 3.27. The lowest BCUT2D eigenvalue weighted by atomic mass is 9.92. The van der Waals surface area contributed by atoms with Gasteiger partial charge in [0.05, 0.1) is 0 Å². The van der Waals surface area contributed by atoms with E-state index >= 15 is 0 Å². The normalized spacial score (nSPS) is 18.5. The first kappa shape index (κ1) is 20.4. The summed E-state index contributed by atoms with van der Waals surface area (Å²) in [6, 6.07) is 1.91. The smallest absolute Gasteiger partial charge is 0.134 e. The molecule has 3 rings (SSSR count). The lowest BCUT2D eigenvalue weighted by Gasteiger charge is -2.19. The van der Waals surface area contributed by atoms with E-state index in [0.29, 0.717) is 16.5 Å². The molecule has 0 aliphatic carbocycles. The zero-order valence-electron chi connectivity index (χ0n) is 17.2. The number of likely N-dealkylation sites (tertiary alicyclic amines) is 1. The van der Waals surface area contributed by atoms with Crippen LogP contribution in [0.2, 0.25) is 5.15 Å². The molecule has 1 N–H and O–H groups in total. The molecular weight excluding hydrogens is 362 g/mol. The molecule has 0 radical (unpaired) electrons. The van der Waals surface area contributed by atoms with Gasteiger partial charge < -0.3 is 9.84 Å². The highest BCUT2D eigenvalue weighted by atomic mass is 35.5. The van der Waals surface area contributed by atoms with Crippen molar-refractivity contribution in [2.75, 3.05) is 26.2 Å². The van der Waals surface area contributed by atoms with Crippen LogP contribution >= 0.6 is 11.6 Å². The number of aryl methyl sites for hydroxylation is 2. The van der Waals surface area contributed by atoms with Gasteiger partial charge in [0.2, 0.25) is 0 Å². The van der Waals surface area contributed by atoms with E-state index in [4.69, 9.17) is 16.1 Å². The van der Waals surface area contributed by atoms with Crippen molar-refractivity contribution in [2.45, 2.75) is 47.1 Å². The molecule has 27 heavy (non-hydrogen) atoms. The first-order chi connectivity index (χ1) is 12.7. The summed E-state index contributed by atoms with van der Waals surface area (Å²) in [5.74, 6) is 1.47. The molecular formula is C20H32ClN5O. The number of aromatic nitrogens is 3. The molecule has 0 spiro atoms. The fourth-order valence-corrected chi connectivity index (χ4v) is 3.77. The molecule has 0 amide bonds. The van der Waals surface area contributed by atoms with Crippen molar-refractivity contribution < 1.29 is 4.52 Å². The fourth-order valence-electron chi connectivity index (χ4n) is 3.59. The number of nitrogens with one attached hydrogen (secondary N) is 1. The predicted molar refractivity (Wildman–Crippen MR) is 109 cm³/mol. The minimum atomic E-state index is 0.391. The lowest BCUT2D eigenvalue weighted by Crippen LogP contribution is -2.28. The third-order valence-electron chi connectivity index (χ3n) is 5.18. The molecule has 1 fully saturated rings. The molecule has 1 saturated heterocycles. The number of hydrogen-bond acceptors (Lipinski definition) is 5. The highest BCUT2D eigenvalue weighted by Gasteiger charge is 2.26. The standard InChI is InChI=1S/C20H32ClN5O/c1-14-10-17(24-27-14)18-16(19(21)25(5)23-18)13-26-9-6-15(12-26)11-22-8-7-20(2,3)4/h10,15,22H,6-9,11-13H2,1-5H3. The van der Waals surface area contributed by atoms with Gasteiger partial charge in [-0.1, -0.05) is 37.5 Å². The lowest BCUT2D eigenvalue weighted by molar-refractivity contribution is 0.311. The quantitative estimate of drug-likeness (QED) is 0.723. The Hall–Kier alpha value is -1.37. The zero-order valence-corrected chi connectivity index (χ0v) is 17.9. The summed E-state index contributed by atoms with van der Waals surface area (Å²) in [5, 5.41) is 13.0. The van der Waals surface area contributed by atoms with Gasteiger partial charge in [0, 0.05) is 31.8 Å². The average molecular weight is 394 g/mol. The summed E-state index contributed by atoms with van der Waals surface area (Å²) in [4.78, 5) is 2.47. The Bertz CT molecular complexity index is 761. The van der Waals surface area contributed by atoms with Crippen molar-refractivity contribution in [2.24, 2.45) is 18.4 Å². The van der Waals surface area contributed by atoms with Crippen molar-refractivity contribution in [3.05, 3.63) is 22.5 Å². The third-order valence-corrected chi connectivity index (χ3v) is 5.65. The minimum absolute atomic E-state index is 0.391. The van der Waals surface area contributed by atoms with Gasteiger partial charge in [-0.25, -0.2) is 0 Å². The molecule has 1 atom stereocenters. The van der Waals surface area contributed by atoms with E-state index in [-0.39, 0.29) is 0 Å². The van der Waals surface area contributed by atoms with Crippen LogP contribution in [0.1, 0.15) is 44.9 Å². The molecule has 7 heteroatoms. The molecule has 6 nitrogen and oxygen atoms in total. The minimum Gasteiger partial charge on any atom is -0.361 e. The summed E-state index contributed by atoms with van der Waals surface area (Å²) in [6.45, 7) is 13.9. The second-order valence-electron chi connectivity index (χ2n) is 8.97. The van der Waals surface area contributed by atoms with Gasteiger partial charge in [-0.2, -0.15) is 5.10 Å². The third kappa shape index (κ3) is 5.33. The van der Waals surface area contributed by atoms with Crippen LogP contribution in [-0.4, -0.2) is 46.0 Å². The molecule has 0 aromatic carbocycles. The van der Waals surface area contributed by atoms with Crippen LogP contribution in [0, 0.1) is 18.3 Å². The van der Waals surface area contributed by atoms with E-state index in [1.807, 2.05) is 20.0 Å². The van der Waals surface area contributed by atoms with E-state index in [1.54, 1.807) is 4.68 Å². The van der Waals surface area contributed by atoms with E-state index in [0.717, 1.165) is 55.4 Å². The van der Waals surface area contributed by atoms with Gasteiger partial charge in [-0.05, 0) is 50.7 Å². The Morgan fingerprint density at radius 1 is 1.37 bits per heavy atom. The van der Waals surface area contributed by atoms with Crippen molar-refractivity contribution in [1.82, 2.24) is 25.2 Å². The van der Waals surface area contributed by atoms with Crippen molar-refractivity contribution >= 4 is 11.6 Å². The van der Waals surface area contributed by atoms with E-state index in [1.165, 1.54) is 12.8 Å². The van der Waals surface area contributed by atoms with Crippen LogP contribution in [0.4, 0.5) is 0 Å². The molecule has 1 aliphatic heterocycles. The maximum Gasteiger partial charge on any atom is 0.134 e. The van der Waals surface area contributed by atoms with Gasteiger partial charge >= 0.3 is 0 Å². The van der Waals surface area contributed by atoms with Crippen molar-refractivity contribution in [1.29, 1.82) is 0 Å². The molecule has 2 aromatic rings. The van der Waals surface area contributed by atoms with Gasteiger partial charge in [0.25, 0.3) is 0 Å². The van der Waals surface area contributed by atoms with Crippen LogP contribution in [0.15, 0.2) is 10.6 Å². The maximum atomic E-state index is 6.53. The fraction of sp³-hybridized carbons (Fsp3) is 0.700. The predicted octanol–water partition coefficient (Wildman–Crippen LogP) is 3.88. The Kier molecular flexibility index (Phi) is 6.28. The highest BCUT2D eigenvalue weighted by molar-refractivity contribution is 6.30. The maximum absolute atomic E-state index is 6.53. The highest BCUT2D eigenvalue weighted by Crippen LogP contribution is 2.30. The monoisotopic (exact) mass is 393 g/mol. The number of halogens is 1. The van der Waals surface area contributed by atoms with E-state index in [9.17, 15) is 0 Å². The van der Waals surface area contributed by atoms with Gasteiger partial charge in [-0.15, -0.1) is 0 Å². The summed E-state index contributed by atoms with van der Waals surface area (Å²) < 4.78 is 6.94. The molecule has 0 saturated carbocycles. The van der Waals surface area contributed by atoms with Gasteiger partial charge in [0.15, 0.2) is 0 Å². The molecule has 150 valence electrons. The molecule has 1 unspecified atom stereocenters. The largest absolute Gasteiger partial charge is 0.361 e. The van der Waals surface area contributed by atoms with Crippen molar-refractivity contribution in [3.63, 3.8) is 0 Å². The summed E-state index contributed by atoms with van der Waals surface area (Å²) in [7, 11) is 1.87. The Morgan fingerprint density at radius 2 is 2.15 bits per heavy atom. The summed E-state index contributed by atoms with van der Waals surface area (Å²) >= 11 is 6.53. The first-order valence-electron chi connectivity index (χ1n) is 9.81. The SMILES string of the molecule is Cc1cc(-c2nn(C)c(Cl)c2CN2CCC(CNCCC(C)(C)C)C2)no1. The van der Waals surface area contributed by atoms with Crippen LogP contribution in [0.25, 0.3) is 11.4 Å². The summed E-state index contributed by atoms with van der Waals surface area (Å²) in [6.07, 6.45) is 2.42. The number of nitrogens with zero attached hydrogens (tertiary/aromatic N) is 4. The summed E-state index contributed by atoms with van der Waals surface area (Å²) in [5.41, 5.74) is 3.01. The Labute approximate surface area is 167 Å². The Balaban J connectivity index is 1.57. The van der Waals surface area contributed by atoms with Crippen molar-refractivity contribution in [3.8, 4) is 11.4 Å². The molecule has 1 aliphatic rings. The first-order valence-corrected chi connectivity index (χ1v) is 10.2. The second kappa shape index (κ2) is 8.33. The zero-order chi connectivity index (χ0) is 19.6. The van der Waals surface area contributed by atoms with Gasteiger partial charge in [0.1, 0.15) is 22.3 Å².